The van der Waals surface area contributed by atoms with E-state index in [2.05, 4.69) is 0 Å². The summed E-state index contributed by atoms with van der Waals surface area (Å²) in [5.74, 6) is -0.0136. The Labute approximate surface area is 86.1 Å². The van der Waals surface area contributed by atoms with Gasteiger partial charge in [0.15, 0.2) is 0 Å². The van der Waals surface area contributed by atoms with Gasteiger partial charge in [-0.3, -0.25) is 9.59 Å². The predicted molar refractivity (Wildman–Crippen MR) is 55.3 cm³/mol. The van der Waals surface area contributed by atoms with Crippen molar-refractivity contribution in [2.75, 3.05) is 10.7 Å². The van der Waals surface area contributed by atoms with Crippen LogP contribution in [0.5, 0.6) is 0 Å². The number of rotatable bonds is 0. The lowest BCUT2D eigenvalue weighted by Crippen LogP contribution is -2.38. The summed E-state index contributed by atoms with van der Waals surface area (Å²) in [6.45, 7) is 1.41. The number of hydrogen-bond donors (Lipinski definition) is 0. The molecule has 0 fully saturated rings. The van der Waals surface area contributed by atoms with Crippen molar-refractivity contribution in [3.8, 4) is 0 Å². The molecule has 1 aliphatic rings. The van der Waals surface area contributed by atoms with E-state index in [-0.39, 0.29) is 11.8 Å². The number of para-hydroxylation sites is 1. The van der Waals surface area contributed by atoms with Crippen LogP contribution in [0.3, 0.4) is 0 Å². The van der Waals surface area contributed by atoms with Crippen molar-refractivity contribution >= 4 is 29.3 Å². The molecule has 0 atom stereocenters. The molecule has 0 unspecified atom stereocenters. The third-order valence-electron chi connectivity index (χ3n) is 2.02. The van der Waals surface area contributed by atoms with Crippen molar-refractivity contribution in [1.82, 2.24) is 0 Å². The maximum atomic E-state index is 11.5. The maximum absolute atomic E-state index is 11.5. The van der Waals surface area contributed by atoms with Crippen LogP contribution in [0, 0.1) is 0 Å². The molecule has 0 saturated carbocycles. The average molecular weight is 207 g/mol. The number of benzene rings is 1. The van der Waals surface area contributed by atoms with Gasteiger partial charge in [-0.25, -0.2) is 4.90 Å². The quantitative estimate of drug-likeness (QED) is 0.649. The number of nitrogens with zero attached hydrogens (tertiary/aromatic N) is 1. The number of carbonyl (C=O) groups excluding carboxylic acids is 2. The smallest absolute Gasteiger partial charge is 0.244 e. The van der Waals surface area contributed by atoms with E-state index in [9.17, 15) is 9.59 Å². The summed E-state index contributed by atoms with van der Waals surface area (Å²) in [5.41, 5.74) is 0.709. The van der Waals surface area contributed by atoms with Crippen molar-refractivity contribution in [1.29, 1.82) is 0 Å². The highest BCUT2D eigenvalue weighted by molar-refractivity contribution is 8.00. The average Bonchev–Trinajstić information content (AvgIpc) is 2.17. The Morgan fingerprint density at radius 2 is 2.14 bits per heavy atom. The summed E-state index contributed by atoms with van der Waals surface area (Å²) in [5, 5.41) is 0. The molecule has 2 amide bonds. The first-order valence-electron chi connectivity index (χ1n) is 4.25. The molecule has 3 nitrogen and oxygen atoms in total. The highest BCUT2D eigenvalue weighted by Crippen LogP contribution is 2.34. The van der Waals surface area contributed by atoms with Crippen molar-refractivity contribution in [2.45, 2.75) is 11.8 Å². The van der Waals surface area contributed by atoms with Crippen LogP contribution >= 0.6 is 11.8 Å². The van der Waals surface area contributed by atoms with Crippen molar-refractivity contribution in [3.05, 3.63) is 24.3 Å². The minimum atomic E-state index is -0.220. The molecule has 1 aromatic rings. The Balaban J connectivity index is 2.51. The van der Waals surface area contributed by atoms with Crippen molar-refractivity contribution < 1.29 is 9.59 Å². The van der Waals surface area contributed by atoms with Crippen LogP contribution in [0.25, 0.3) is 0 Å². The third kappa shape index (κ3) is 1.42. The summed E-state index contributed by atoms with van der Waals surface area (Å²) in [7, 11) is 0. The van der Waals surface area contributed by atoms with E-state index in [0.29, 0.717) is 11.4 Å². The third-order valence-corrected chi connectivity index (χ3v) is 3.07. The van der Waals surface area contributed by atoms with Crippen LogP contribution < -0.4 is 4.90 Å². The fraction of sp³-hybridized carbons (Fsp3) is 0.200. The second kappa shape index (κ2) is 3.46. The molecule has 0 saturated heterocycles. The zero-order chi connectivity index (χ0) is 10.1. The summed E-state index contributed by atoms with van der Waals surface area (Å²) in [4.78, 5) is 25.0. The van der Waals surface area contributed by atoms with Crippen LogP contribution in [0.15, 0.2) is 29.2 Å². The molecule has 1 aromatic carbocycles. The van der Waals surface area contributed by atoms with Gasteiger partial charge in [0.1, 0.15) is 0 Å². The lowest BCUT2D eigenvalue weighted by molar-refractivity contribution is -0.124. The Kier molecular flexibility index (Phi) is 2.29. The van der Waals surface area contributed by atoms with Gasteiger partial charge >= 0.3 is 0 Å². The van der Waals surface area contributed by atoms with Gasteiger partial charge in [0, 0.05) is 11.8 Å². The van der Waals surface area contributed by atoms with Gasteiger partial charge in [-0.15, -0.1) is 11.8 Å². The number of thioether (sulfide) groups is 1. The molecular weight excluding hydrogens is 198 g/mol. The molecule has 0 spiro atoms. The number of imide groups is 1. The van der Waals surface area contributed by atoms with Crippen molar-refractivity contribution in [3.63, 3.8) is 0 Å². The minimum Gasteiger partial charge on any atom is -0.274 e. The zero-order valence-corrected chi connectivity index (χ0v) is 8.50. The molecule has 1 aliphatic heterocycles. The lowest BCUT2D eigenvalue weighted by Gasteiger charge is -2.25. The Morgan fingerprint density at radius 1 is 1.43 bits per heavy atom. The molecule has 0 N–H and O–H groups in total. The molecule has 72 valence electrons. The van der Waals surface area contributed by atoms with E-state index >= 15 is 0 Å². The first kappa shape index (κ1) is 9.27. The second-order valence-electron chi connectivity index (χ2n) is 3.00. The van der Waals surface area contributed by atoms with E-state index in [1.807, 2.05) is 18.2 Å². The molecule has 0 bridgehead atoms. The van der Waals surface area contributed by atoms with E-state index in [0.717, 1.165) is 4.90 Å². The molecular formula is C10H9NO2S. The molecule has 0 aromatic heterocycles. The van der Waals surface area contributed by atoms with Gasteiger partial charge in [-0.05, 0) is 12.1 Å². The SMILES string of the molecule is CC(=O)N1C(=O)CSc2ccccc21. The van der Waals surface area contributed by atoms with Crippen LogP contribution in [0.4, 0.5) is 5.69 Å². The number of hydrogen-bond acceptors (Lipinski definition) is 3. The molecule has 2 rings (SSSR count). The Bertz CT molecular complexity index is 403. The maximum Gasteiger partial charge on any atom is 0.244 e. The highest BCUT2D eigenvalue weighted by Gasteiger charge is 2.26. The summed E-state index contributed by atoms with van der Waals surface area (Å²) < 4.78 is 0. The van der Waals surface area contributed by atoms with Crippen LogP contribution in [-0.2, 0) is 9.59 Å². The number of amides is 2. The summed E-state index contributed by atoms with van der Waals surface area (Å²) in [6.07, 6.45) is 0. The van der Waals surface area contributed by atoms with Gasteiger partial charge in [-0.1, -0.05) is 12.1 Å². The van der Waals surface area contributed by atoms with Gasteiger partial charge < -0.3 is 0 Å². The van der Waals surface area contributed by atoms with Crippen LogP contribution in [-0.4, -0.2) is 17.6 Å². The summed E-state index contributed by atoms with van der Waals surface area (Å²) >= 11 is 1.47. The molecule has 0 radical (unpaired) electrons. The Morgan fingerprint density at radius 3 is 2.86 bits per heavy atom. The zero-order valence-electron chi connectivity index (χ0n) is 7.69. The summed E-state index contributed by atoms with van der Waals surface area (Å²) in [6, 6.07) is 7.44. The monoisotopic (exact) mass is 207 g/mol. The molecule has 14 heavy (non-hydrogen) atoms. The first-order chi connectivity index (χ1) is 6.70. The topological polar surface area (TPSA) is 37.4 Å². The second-order valence-corrected chi connectivity index (χ2v) is 4.02. The highest BCUT2D eigenvalue weighted by atomic mass is 32.2. The number of anilines is 1. The number of fused-ring (bicyclic) bond motifs is 1. The van der Waals surface area contributed by atoms with Crippen LogP contribution in [0.1, 0.15) is 6.92 Å². The molecule has 1 heterocycles. The predicted octanol–water partition coefficient (Wildman–Crippen LogP) is 1.67. The fourth-order valence-electron chi connectivity index (χ4n) is 1.45. The first-order valence-corrected chi connectivity index (χ1v) is 5.24. The lowest BCUT2D eigenvalue weighted by atomic mass is 10.2. The van der Waals surface area contributed by atoms with E-state index in [4.69, 9.17) is 0 Å². The van der Waals surface area contributed by atoms with Crippen LogP contribution in [0.2, 0.25) is 0 Å². The molecule has 4 heteroatoms. The fourth-order valence-corrected chi connectivity index (χ4v) is 2.34. The number of carbonyl (C=O) groups is 2. The van der Waals surface area contributed by atoms with E-state index in [1.165, 1.54) is 23.6 Å². The standard InChI is InChI=1S/C10H9NO2S/c1-7(12)11-8-4-2-3-5-9(8)14-6-10(11)13/h2-5H,6H2,1H3. The van der Waals surface area contributed by atoms with Crippen molar-refractivity contribution in [2.24, 2.45) is 0 Å². The van der Waals surface area contributed by atoms with E-state index < -0.39 is 0 Å². The minimum absolute atomic E-state index is 0.138. The van der Waals surface area contributed by atoms with Gasteiger partial charge in [0.05, 0.1) is 11.4 Å². The largest absolute Gasteiger partial charge is 0.274 e. The Hall–Kier alpha value is -1.29. The van der Waals surface area contributed by atoms with Gasteiger partial charge in [0.25, 0.3) is 0 Å². The van der Waals surface area contributed by atoms with Gasteiger partial charge in [0.2, 0.25) is 11.8 Å². The van der Waals surface area contributed by atoms with Gasteiger partial charge in [-0.2, -0.15) is 0 Å². The molecule has 0 aliphatic carbocycles. The normalized spacial score (nSPS) is 15.2. The van der Waals surface area contributed by atoms with E-state index in [1.54, 1.807) is 6.07 Å².